The smallest absolute Gasteiger partial charge is 0.195 e. The van der Waals surface area contributed by atoms with E-state index >= 15 is 0 Å². The molecule has 2 aromatic carbocycles. The molecule has 0 saturated heterocycles. The van der Waals surface area contributed by atoms with E-state index in [0.717, 1.165) is 12.3 Å². The maximum Gasteiger partial charge on any atom is 0.195 e. The van der Waals surface area contributed by atoms with E-state index in [-0.39, 0.29) is 17.9 Å². The predicted molar refractivity (Wildman–Crippen MR) is 75.1 cm³/mol. The maximum absolute atomic E-state index is 13.8. The van der Waals surface area contributed by atoms with Crippen LogP contribution in [0.1, 0.15) is 12.5 Å². The lowest BCUT2D eigenvalue weighted by molar-refractivity contribution is 0.330. The van der Waals surface area contributed by atoms with Gasteiger partial charge in [-0.1, -0.05) is 18.2 Å². The third kappa shape index (κ3) is 3.53. The highest BCUT2D eigenvalue weighted by molar-refractivity contribution is 5.84. The molecule has 0 spiro atoms. The number of hydrogen-bond acceptors (Lipinski definition) is 3. The van der Waals surface area contributed by atoms with E-state index in [4.69, 9.17) is 4.74 Å². The first-order valence-electron chi connectivity index (χ1n) is 6.28. The minimum atomic E-state index is -1.56. The van der Waals surface area contributed by atoms with Crippen LogP contribution < -0.4 is 10.2 Å². The summed E-state index contributed by atoms with van der Waals surface area (Å²) in [7, 11) is 0. The van der Waals surface area contributed by atoms with Crippen molar-refractivity contribution in [2.24, 2.45) is 5.10 Å². The molecule has 0 fully saturated rings. The second kappa shape index (κ2) is 6.78. The molecule has 0 heterocycles. The molecule has 0 aliphatic rings. The van der Waals surface area contributed by atoms with Gasteiger partial charge in [-0.25, -0.2) is 13.2 Å². The molecule has 0 aliphatic carbocycles. The van der Waals surface area contributed by atoms with Crippen molar-refractivity contribution < 1.29 is 17.9 Å². The highest BCUT2D eigenvalue weighted by Crippen LogP contribution is 2.25. The maximum atomic E-state index is 13.8. The van der Waals surface area contributed by atoms with E-state index in [1.807, 2.05) is 6.07 Å². The first-order valence-corrected chi connectivity index (χ1v) is 6.28. The van der Waals surface area contributed by atoms with Crippen molar-refractivity contribution in [3.63, 3.8) is 0 Å². The lowest BCUT2D eigenvalue weighted by atomic mass is 10.2. The van der Waals surface area contributed by atoms with Crippen LogP contribution in [-0.4, -0.2) is 12.8 Å². The fraction of sp³-hybridized carbons (Fsp3) is 0.133. The van der Waals surface area contributed by atoms with E-state index in [1.54, 1.807) is 31.2 Å². The molecule has 0 amide bonds. The largest absolute Gasteiger partial charge is 0.493 e. The summed E-state index contributed by atoms with van der Waals surface area (Å²) in [6, 6.07) is 9.72. The molecule has 21 heavy (non-hydrogen) atoms. The molecule has 0 radical (unpaired) electrons. The van der Waals surface area contributed by atoms with Gasteiger partial charge in [0.1, 0.15) is 5.75 Å². The normalized spacial score (nSPS) is 10.9. The number of benzene rings is 2. The van der Waals surface area contributed by atoms with Crippen LogP contribution in [0.4, 0.5) is 18.9 Å². The van der Waals surface area contributed by atoms with Crippen LogP contribution in [0.5, 0.6) is 5.75 Å². The molecule has 2 aromatic rings. The Balaban J connectivity index is 2.27. The second-order valence-corrected chi connectivity index (χ2v) is 4.07. The summed E-state index contributed by atoms with van der Waals surface area (Å²) >= 11 is 0. The summed E-state index contributed by atoms with van der Waals surface area (Å²) in [5.74, 6) is -4.30. The van der Waals surface area contributed by atoms with Gasteiger partial charge in [0.15, 0.2) is 17.5 Å². The van der Waals surface area contributed by atoms with E-state index < -0.39 is 17.5 Å². The minimum Gasteiger partial charge on any atom is -0.493 e. The van der Waals surface area contributed by atoms with E-state index in [1.165, 1.54) is 0 Å². The Hall–Kier alpha value is -2.50. The van der Waals surface area contributed by atoms with Crippen molar-refractivity contribution in [3.8, 4) is 5.75 Å². The molecule has 1 N–H and O–H groups in total. The number of hydrogen-bond donors (Lipinski definition) is 1. The number of nitrogens with zero attached hydrogens (tertiary/aromatic N) is 1. The highest BCUT2D eigenvalue weighted by atomic mass is 19.2. The number of para-hydroxylation sites is 1. The molecule has 2 rings (SSSR count). The van der Waals surface area contributed by atoms with Crippen LogP contribution in [-0.2, 0) is 0 Å². The van der Waals surface area contributed by atoms with Gasteiger partial charge in [0, 0.05) is 6.07 Å². The van der Waals surface area contributed by atoms with Crippen molar-refractivity contribution in [2.45, 2.75) is 6.92 Å². The first kappa shape index (κ1) is 14.9. The van der Waals surface area contributed by atoms with Gasteiger partial charge in [-0.15, -0.1) is 0 Å². The van der Waals surface area contributed by atoms with Gasteiger partial charge in [0.25, 0.3) is 0 Å². The number of anilines is 1. The second-order valence-electron chi connectivity index (χ2n) is 4.07. The SMILES string of the molecule is CCOc1cc(F)c(F)c(F)c1C=NNc1ccccc1. The lowest BCUT2D eigenvalue weighted by Gasteiger charge is -2.09. The van der Waals surface area contributed by atoms with Crippen molar-refractivity contribution in [1.29, 1.82) is 0 Å². The van der Waals surface area contributed by atoms with Gasteiger partial charge in [-0.3, -0.25) is 5.43 Å². The zero-order valence-corrected chi connectivity index (χ0v) is 11.2. The predicted octanol–water partition coefficient (Wildman–Crippen LogP) is 3.95. The molecule has 0 atom stereocenters. The molecule has 0 bridgehead atoms. The van der Waals surface area contributed by atoms with Crippen LogP contribution in [0, 0.1) is 17.5 Å². The summed E-state index contributed by atoms with van der Waals surface area (Å²) in [5.41, 5.74) is 3.08. The van der Waals surface area contributed by atoms with E-state index in [2.05, 4.69) is 10.5 Å². The molecule has 0 saturated carbocycles. The summed E-state index contributed by atoms with van der Waals surface area (Å²) in [4.78, 5) is 0. The minimum absolute atomic E-state index is 0.104. The average molecular weight is 294 g/mol. The Bertz CT molecular complexity index is 645. The fourth-order valence-corrected chi connectivity index (χ4v) is 1.67. The average Bonchev–Trinajstić information content (AvgIpc) is 2.49. The number of rotatable bonds is 5. The van der Waals surface area contributed by atoms with Gasteiger partial charge in [0.2, 0.25) is 0 Å². The first-order chi connectivity index (χ1) is 10.1. The molecular weight excluding hydrogens is 281 g/mol. The zero-order valence-electron chi connectivity index (χ0n) is 11.2. The number of nitrogens with one attached hydrogen (secondary N) is 1. The molecular formula is C15H13F3N2O. The molecule has 0 unspecified atom stereocenters. The lowest BCUT2D eigenvalue weighted by Crippen LogP contribution is -2.04. The Morgan fingerprint density at radius 2 is 1.86 bits per heavy atom. The topological polar surface area (TPSA) is 33.6 Å². The highest BCUT2D eigenvalue weighted by Gasteiger charge is 2.18. The number of halogens is 3. The van der Waals surface area contributed by atoms with Crippen molar-refractivity contribution in [2.75, 3.05) is 12.0 Å². The van der Waals surface area contributed by atoms with Crippen LogP contribution in [0.15, 0.2) is 41.5 Å². The summed E-state index contributed by atoms with van der Waals surface area (Å²) in [5, 5.41) is 3.80. The Labute approximate surface area is 120 Å². The monoisotopic (exact) mass is 294 g/mol. The van der Waals surface area contributed by atoms with Crippen LogP contribution in [0.3, 0.4) is 0 Å². The van der Waals surface area contributed by atoms with Gasteiger partial charge in [-0.05, 0) is 19.1 Å². The Kier molecular flexibility index (Phi) is 4.81. The van der Waals surface area contributed by atoms with Crippen molar-refractivity contribution >= 4 is 11.9 Å². The molecule has 6 heteroatoms. The standard InChI is InChI=1S/C15H13F3N2O/c1-2-21-13-8-12(16)15(18)14(17)11(13)9-19-20-10-6-4-3-5-7-10/h3-9,20H,2H2,1H3. The Morgan fingerprint density at radius 1 is 1.14 bits per heavy atom. The van der Waals surface area contributed by atoms with Gasteiger partial charge < -0.3 is 4.74 Å². The van der Waals surface area contributed by atoms with Gasteiger partial charge in [-0.2, -0.15) is 5.10 Å². The third-order valence-corrected chi connectivity index (χ3v) is 2.62. The molecule has 0 aromatic heterocycles. The van der Waals surface area contributed by atoms with Gasteiger partial charge in [0.05, 0.1) is 24.1 Å². The van der Waals surface area contributed by atoms with Crippen LogP contribution in [0.25, 0.3) is 0 Å². The van der Waals surface area contributed by atoms with E-state index in [9.17, 15) is 13.2 Å². The Morgan fingerprint density at radius 3 is 2.52 bits per heavy atom. The third-order valence-electron chi connectivity index (χ3n) is 2.62. The quantitative estimate of drug-likeness (QED) is 0.514. The van der Waals surface area contributed by atoms with Crippen LogP contribution in [0.2, 0.25) is 0 Å². The van der Waals surface area contributed by atoms with E-state index in [0.29, 0.717) is 5.69 Å². The van der Waals surface area contributed by atoms with Crippen molar-refractivity contribution in [1.82, 2.24) is 0 Å². The number of ether oxygens (including phenoxy) is 1. The summed E-state index contributed by atoms with van der Waals surface area (Å²) < 4.78 is 45.3. The molecule has 110 valence electrons. The van der Waals surface area contributed by atoms with Crippen LogP contribution >= 0.6 is 0 Å². The fourth-order valence-electron chi connectivity index (χ4n) is 1.67. The molecule has 0 aliphatic heterocycles. The summed E-state index contributed by atoms with van der Waals surface area (Å²) in [6.45, 7) is 1.85. The zero-order chi connectivity index (χ0) is 15.2. The summed E-state index contributed by atoms with van der Waals surface area (Å²) in [6.07, 6.45) is 1.05. The number of hydrazone groups is 1. The van der Waals surface area contributed by atoms with Gasteiger partial charge >= 0.3 is 0 Å². The molecule has 3 nitrogen and oxygen atoms in total. The van der Waals surface area contributed by atoms with Crippen molar-refractivity contribution in [3.05, 3.63) is 59.4 Å².